The molecule has 0 unspecified atom stereocenters. The number of nitrogens with zero attached hydrogens (tertiary/aromatic N) is 3. The molecule has 3 amide bonds. The third kappa shape index (κ3) is 4.07. The van der Waals surface area contributed by atoms with E-state index >= 15 is 0 Å². The van der Waals surface area contributed by atoms with Crippen LogP contribution in [0.2, 0.25) is 0 Å². The lowest BCUT2D eigenvalue weighted by atomic mass is 9.95. The minimum absolute atomic E-state index is 0.0467. The largest absolute Gasteiger partial charge is 0.471 e. The Labute approximate surface area is 143 Å². The summed E-state index contributed by atoms with van der Waals surface area (Å²) >= 11 is 0. The fourth-order valence-electron chi connectivity index (χ4n) is 3.50. The molecule has 1 saturated carbocycles. The molecule has 25 heavy (non-hydrogen) atoms. The SMILES string of the molecule is O=C(C1CC1)N1CCN(C(=O)C2CCN(C(=O)C(F)(F)F)CC2)CC1. The minimum atomic E-state index is -4.86. The van der Waals surface area contributed by atoms with E-state index in [4.69, 9.17) is 0 Å². The number of rotatable bonds is 2. The first-order valence-corrected chi connectivity index (χ1v) is 8.71. The molecular weight excluding hydrogens is 339 g/mol. The van der Waals surface area contributed by atoms with Gasteiger partial charge in [0.15, 0.2) is 0 Å². The van der Waals surface area contributed by atoms with Crippen molar-refractivity contribution in [2.24, 2.45) is 11.8 Å². The van der Waals surface area contributed by atoms with Gasteiger partial charge in [0.05, 0.1) is 0 Å². The van der Waals surface area contributed by atoms with E-state index in [2.05, 4.69) is 0 Å². The van der Waals surface area contributed by atoms with Gasteiger partial charge < -0.3 is 14.7 Å². The molecule has 0 spiro atoms. The fraction of sp³-hybridized carbons (Fsp3) is 0.812. The van der Waals surface area contributed by atoms with E-state index in [-0.39, 0.29) is 49.6 Å². The molecule has 9 heteroatoms. The Morgan fingerprint density at radius 1 is 0.640 bits per heavy atom. The van der Waals surface area contributed by atoms with Crippen LogP contribution in [0.15, 0.2) is 0 Å². The van der Waals surface area contributed by atoms with E-state index in [9.17, 15) is 27.6 Å². The Kier molecular flexibility index (Phi) is 4.92. The van der Waals surface area contributed by atoms with Crippen LogP contribution >= 0.6 is 0 Å². The van der Waals surface area contributed by atoms with Crippen LogP contribution in [0.5, 0.6) is 0 Å². The number of amides is 3. The second-order valence-corrected chi connectivity index (χ2v) is 6.99. The third-order valence-corrected chi connectivity index (χ3v) is 5.20. The number of hydrogen-bond acceptors (Lipinski definition) is 3. The van der Waals surface area contributed by atoms with Gasteiger partial charge in [-0.1, -0.05) is 0 Å². The van der Waals surface area contributed by atoms with Crippen LogP contribution in [0.25, 0.3) is 0 Å². The smallest absolute Gasteiger partial charge is 0.339 e. The second-order valence-electron chi connectivity index (χ2n) is 6.99. The number of halogens is 3. The molecule has 3 rings (SSSR count). The summed E-state index contributed by atoms with van der Waals surface area (Å²) in [5.41, 5.74) is 0. The maximum absolute atomic E-state index is 12.5. The van der Waals surface area contributed by atoms with Crippen molar-refractivity contribution in [3.63, 3.8) is 0 Å². The first-order valence-electron chi connectivity index (χ1n) is 8.71. The number of piperazine rings is 1. The summed E-state index contributed by atoms with van der Waals surface area (Å²) in [6.07, 6.45) is -2.45. The number of likely N-dealkylation sites (tertiary alicyclic amines) is 1. The van der Waals surface area contributed by atoms with Crippen LogP contribution in [-0.4, -0.2) is 77.9 Å². The van der Waals surface area contributed by atoms with E-state index in [1.165, 1.54) is 0 Å². The average Bonchev–Trinajstić information content (AvgIpc) is 3.44. The number of carbonyl (C=O) groups is 3. The van der Waals surface area contributed by atoms with Gasteiger partial charge >= 0.3 is 12.1 Å². The molecule has 2 heterocycles. The van der Waals surface area contributed by atoms with Gasteiger partial charge in [0, 0.05) is 51.1 Å². The van der Waals surface area contributed by atoms with Gasteiger partial charge in [-0.3, -0.25) is 14.4 Å². The Balaban J connectivity index is 1.45. The molecule has 0 bridgehead atoms. The summed E-state index contributed by atoms with van der Waals surface area (Å²) in [5.74, 6) is -1.91. The Morgan fingerprint density at radius 2 is 1.04 bits per heavy atom. The highest BCUT2D eigenvalue weighted by Crippen LogP contribution is 2.31. The summed E-state index contributed by atoms with van der Waals surface area (Å²) in [6.45, 7) is 1.89. The van der Waals surface area contributed by atoms with E-state index in [1.54, 1.807) is 9.80 Å². The van der Waals surface area contributed by atoms with Crippen LogP contribution in [0.4, 0.5) is 13.2 Å². The average molecular weight is 361 g/mol. The predicted molar refractivity (Wildman–Crippen MR) is 81.2 cm³/mol. The lowest BCUT2D eigenvalue weighted by molar-refractivity contribution is -0.187. The Bertz CT molecular complexity index is 547. The molecule has 0 N–H and O–H groups in total. The topological polar surface area (TPSA) is 60.9 Å². The van der Waals surface area contributed by atoms with Crippen molar-refractivity contribution in [2.75, 3.05) is 39.3 Å². The predicted octanol–water partition coefficient (Wildman–Crippen LogP) is 0.868. The van der Waals surface area contributed by atoms with Gasteiger partial charge in [0.1, 0.15) is 0 Å². The molecule has 140 valence electrons. The highest BCUT2D eigenvalue weighted by molar-refractivity contribution is 5.83. The van der Waals surface area contributed by atoms with Crippen molar-refractivity contribution < 1.29 is 27.6 Å². The summed E-state index contributed by atoms with van der Waals surface area (Å²) in [5, 5.41) is 0. The quantitative estimate of drug-likeness (QED) is 0.733. The first-order chi connectivity index (χ1) is 11.8. The minimum Gasteiger partial charge on any atom is -0.339 e. The number of piperidine rings is 1. The molecular formula is C16H22F3N3O3. The van der Waals surface area contributed by atoms with Crippen molar-refractivity contribution in [1.82, 2.24) is 14.7 Å². The molecule has 6 nitrogen and oxygen atoms in total. The van der Waals surface area contributed by atoms with E-state index < -0.39 is 12.1 Å². The van der Waals surface area contributed by atoms with Crippen LogP contribution in [0, 0.1) is 11.8 Å². The summed E-state index contributed by atoms with van der Waals surface area (Å²) in [4.78, 5) is 40.1. The number of carbonyl (C=O) groups excluding carboxylic acids is 3. The van der Waals surface area contributed by atoms with Crippen molar-refractivity contribution in [3.8, 4) is 0 Å². The normalized spacial score (nSPS) is 22.9. The number of hydrogen-bond donors (Lipinski definition) is 0. The third-order valence-electron chi connectivity index (χ3n) is 5.20. The lowest BCUT2D eigenvalue weighted by Gasteiger charge is -2.38. The molecule has 2 saturated heterocycles. The van der Waals surface area contributed by atoms with Gasteiger partial charge in [-0.15, -0.1) is 0 Å². The summed E-state index contributed by atoms with van der Waals surface area (Å²) in [7, 11) is 0. The van der Waals surface area contributed by atoms with Gasteiger partial charge in [0.2, 0.25) is 11.8 Å². The zero-order chi connectivity index (χ0) is 18.2. The fourth-order valence-corrected chi connectivity index (χ4v) is 3.50. The first kappa shape index (κ1) is 18.0. The van der Waals surface area contributed by atoms with Crippen molar-refractivity contribution in [2.45, 2.75) is 31.9 Å². The van der Waals surface area contributed by atoms with E-state index in [0.717, 1.165) is 17.7 Å². The maximum atomic E-state index is 12.5. The molecule has 3 fully saturated rings. The van der Waals surface area contributed by atoms with Crippen molar-refractivity contribution in [3.05, 3.63) is 0 Å². The molecule has 3 aliphatic rings. The molecule has 1 aliphatic carbocycles. The van der Waals surface area contributed by atoms with Gasteiger partial charge in [-0.05, 0) is 25.7 Å². The molecule has 0 atom stereocenters. The lowest BCUT2D eigenvalue weighted by Crippen LogP contribution is -2.54. The van der Waals surface area contributed by atoms with Crippen molar-refractivity contribution >= 4 is 17.7 Å². The van der Waals surface area contributed by atoms with Gasteiger partial charge in [0.25, 0.3) is 0 Å². The zero-order valence-electron chi connectivity index (χ0n) is 13.9. The zero-order valence-corrected chi connectivity index (χ0v) is 13.9. The highest BCUT2D eigenvalue weighted by atomic mass is 19.4. The Hall–Kier alpha value is -1.80. The standard InChI is InChI=1S/C16H22F3N3O3/c17-16(18,19)15(25)22-5-3-12(4-6-22)14(24)21-9-7-20(8-10-21)13(23)11-1-2-11/h11-12H,1-10H2. The van der Waals surface area contributed by atoms with E-state index in [0.29, 0.717) is 26.2 Å². The van der Waals surface area contributed by atoms with Crippen LogP contribution in [0.1, 0.15) is 25.7 Å². The Morgan fingerprint density at radius 3 is 1.40 bits per heavy atom. The van der Waals surface area contributed by atoms with Crippen LogP contribution in [-0.2, 0) is 14.4 Å². The molecule has 0 aromatic heterocycles. The molecule has 0 aromatic carbocycles. The summed E-state index contributed by atoms with van der Waals surface area (Å²) < 4.78 is 37.3. The summed E-state index contributed by atoms with van der Waals surface area (Å²) in [6, 6.07) is 0. The van der Waals surface area contributed by atoms with Crippen LogP contribution in [0.3, 0.4) is 0 Å². The maximum Gasteiger partial charge on any atom is 0.471 e. The van der Waals surface area contributed by atoms with Crippen LogP contribution < -0.4 is 0 Å². The van der Waals surface area contributed by atoms with E-state index in [1.807, 2.05) is 0 Å². The molecule has 0 aromatic rings. The van der Waals surface area contributed by atoms with Crippen molar-refractivity contribution in [1.29, 1.82) is 0 Å². The molecule has 2 aliphatic heterocycles. The second kappa shape index (κ2) is 6.84. The number of alkyl halides is 3. The highest BCUT2D eigenvalue weighted by Gasteiger charge is 2.44. The monoisotopic (exact) mass is 361 g/mol. The van der Waals surface area contributed by atoms with Gasteiger partial charge in [-0.25, -0.2) is 0 Å². The molecule has 0 radical (unpaired) electrons. The van der Waals surface area contributed by atoms with Gasteiger partial charge in [-0.2, -0.15) is 13.2 Å².